The highest BCUT2D eigenvalue weighted by atomic mass is 32.1. The molecule has 0 spiro atoms. The van der Waals surface area contributed by atoms with Gasteiger partial charge in [0.2, 0.25) is 0 Å². The molecule has 7 heteroatoms. The van der Waals surface area contributed by atoms with Gasteiger partial charge in [-0.25, -0.2) is 0 Å². The van der Waals surface area contributed by atoms with E-state index < -0.39 is 10.8 Å². The van der Waals surface area contributed by atoms with E-state index in [0.29, 0.717) is 13.0 Å². The van der Waals surface area contributed by atoms with E-state index in [1.807, 2.05) is 16.8 Å². The van der Waals surface area contributed by atoms with Gasteiger partial charge in [-0.3, -0.25) is 14.9 Å². The van der Waals surface area contributed by atoms with Gasteiger partial charge in [-0.1, -0.05) is 6.07 Å². The van der Waals surface area contributed by atoms with Crippen LogP contribution >= 0.6 is 11.3 Å². The third kappa shape index (κ3) is 3.12. The first kappa shape index (κ1) is 14.0. The van der Waals surface area contributed by atoms with Gasteiger partial charge in [-0.2, -0.15) is 11.3 Å². The van der Waals surface area contributed by atoms with Gasteiger partial charge < -0.3 is 11.1 Å². The maximum Gasteiger partial charge on any atom is 0.304 e. The second-order valence-electron chi connectivity index (χ2n) is 4.14. The summed E-state index contributed by atoms with van der Waals surface area (Å²) in [5.41, 5.74) is 6.29. The van der Waals surface area contributed by atoms with Gasteiger partial charge in [-0.05, 0) is 40.9 Å². The number of nitrogens with zero attached hydrogens (tertiary/aromatic N) is 1. The van der Waals surface area contributed by atoms with E-state index in [0.717, 1.165) is 5.56 Å². The Balaban J connectivity index is 2.06. The summed E-state index contributed by atoms with van der Waals surface area (Å²) in [7, 11) is 0. The highest BCUT2D eigenvalue weighted by molar-refractivity contribution is 7.07. The average molecular weight is 291 g/mol. The molecule has 20 heavy (non-hydrogen) atoms. The highest BCUT2D eigenvalue weighted by Gasteiger charge is 2.22. The molecule has 1 amide bonds. The van der Waals surface area contributed by atoms with E-state index >= 15 is 0 Å². The number of nitro benzene ring substituents is 1. The van der Waals surface area contributed by atoms with Gasteiger partial charge in [-0.15, -0.1) is 0 Å². The fourth-order valence-corrected chi connectivity index (χ4v) is 2.50. The Morgan fingerprint density at radius 3 is 2.85 bits per heavy atom. The van der Waals surface area contributed by atoms with E-state index in [1.165, 1.54) is 18.2 Å². The smallest absolute Gasteiger partial charge is 0.304 e. The summed E-state index contributed by atoms with van der Waals surface area (Å²) >= 11 is 1.58. The lowest BCUT2D eigenvalue weighted by Gasteiger charge is -2.06. The number of carbonyl (C=O) groups excluding carboxylic acids is 1. The molecular weight excluding hydrogens is 278 g/mol. The molecule has 0 aliphatic heterocycles. The summed E-state index contributed by atoms with van der Waals surface area (Å²) in [5.74, 6) is -0.487. The fourth-order valence-electron chi connectivity index (χ4n) is 1.80. The molecule has 3 N–H and O–H groups in total. The van der Waals surface area contributed by atoms with Crippen molar-refractivity contribution in [3.8, 4) is 0 Å². The Labute approximate surface area is 119 Å². The molecule has 0 aliphatic carbocycles. The van der Waals surface area contributed by atoms with Crippen molar-refractivity contribution in [2.75, 3.05) is 12.3 Å². The van der Waals surface area contributed by atoms with Gasteiger partial charge in [0, 0.05) is 6.54 Å². The molecule has 0 aliphatic rings. The van der Waals surface area contributed by atoms with Crippen LogP contribution < -0.4 is 11.1 Å². The minimum atomic E-state index is -0.636. The average Bonchev–Trinajstić information content (AvgIpc) is 2.91. The number of amides is 1. The quantitative estimate of drug-likeness (QED) is 0.501. The second-order valence-corrected chi connectivity index (χ2v) is 4.92. The second kappa shape index (κ2) is 6.16. The molecule has 6 nitrogen and oxygen atoms in total. The number of para-hydroxylation sites is 1. The number of nitrogens with two attached hydrogens (primary N) is 1. The summed E-state index contributed by atoms with van der Waals surface area (Å²) in [6.45, 7) is 0.418. The molecule has 0 saturated heterocycles. The van der Waals surface area contributed by atoms with Crippen molar-refractivity contribution in [1.29, 1.82) is 0 Å². The van der Waals surface area contributed by atoms with Crippen molar-refractivity contribution in [3.05, 3.63) is 56.3 Å². The fraction of sp³-hybridized carbons (Fsp3) is 0.154. The van der Waals surface area contributed by atoms with Gasteiger partial charge in [0.1, 0.15) is 11.3 Å². The Morgan fingerprint density at radius 1 is 1.40 bits per heavy atom. The lowest BCUT2D eigenvalue weighted by Crippen LogP contribution is -2.26. The first-order valence-corrected chi connectivity index (χ1v) is 6.86. The zero-order chi connectivity index (χ0) is 14.5. The van der Waals surface area contributed by atoms with Crippen LogP contribution in [0.5, 0.6) is 0 Å². The van der Waals surface area contributed by atoms with Crippen LogP contribution in [0.3, 0.4) is 0 Å². The largest absolute Gasteiger partial charge is 0.393 e. The van der Waals surface area contributed by atoms with Crippen LogP contribution in [0.1, 0.15) is 15.9 Å². The van der Waals surface area contributed by atoms with Crippen molar-refractivity contribution >= 4 is 28.6 Å². The molecule has 1 heterocycles. The molecule has 0 radical (unpaired) electrons. The van der Waals surface area contributed by atoms with Crippen molar-refractivity contribution in [3.63, 3.8) is 0 Å². The topological polar surface area (TPSA) is 98.3 Å². The van der Waals surface area contributed by atoms with Crippen molar-refractivity contribution in [1.82, 2.24) is 5.32 Å². The van der Waals surface area contributed by atoms with Crippen LogP contribution in [0.4, 0.5) is 11.4 Å². The first-order valence-electron chi connectivity index (χ1n) is 5.91. The van der Waals surface area contributed by atoms with Crippen LogP contribution in [0.25, 0.3) is 0 Å². The van der Waals surface area contributed by atoms with Crippen LogP contribution in [0.2, 0.25) is 0 Å². The lowest BCUT2D eigenvalue weighted by atomic mass is 10.1. The summed E-state index contributed by atoms with van der Waals surface area (Å²) in [6.07, 6.45) is 0.686. The third-order valence-corrected chi connectivity index (χ3v) is 3.51. The molecule has 0 unspecified atom stereocenters. The minimum absolute atomic E-state index is 0.0134. The third-order valence-electron chi connectivity index (χ3n) is 2.77. The number of benzene rings is 1. The standard InChI is InChI=1S/C13H13N3O3S/c14-11-3-1-2-10(12(11)16(18)19)13(17)15-6-4-9-5-7-20-8-9/h1-3,5,7-8H,4,6,14H2,(H,15,17). The number of nitro groups is 1. The van der Waals surface area contributed by atoms with Crippen LogP contribution in [-0.2, 0) is 6.42 Å². The van der Waals surface area contributed by atoms with E-state index in [1.54, 1.807) is 11.3 Å². The zero-order valence-corrected chi connectivity index (χ0v) is 11.4. The first-order chi connectivity index (χ1) is 9.59. The van der Waals surface area contributed by atoms with Gasteiger partial charge in [0.15, 0.2) is 0 Å². The molecule has 0 atom stereocenters. The molecule has 0 bridgehead atoms. The molecular formula is C13H13N3O3S. The molecule has 104 valence electrons. The molecule has 0 saturated carbocycles. The Kier molecular flexibility index (Phi) is 4.31. The molecule has 2 rings (SSSR count). The number of nitrogen functional groups attached to an aromatic ring is 1. The minimum Gasteiger partial charge on any atom is -0.393 e. The predicted octanol–water partition coefficient (Wildman–Crippen LogP) is 2.21. The SMILES string of the molecule is Nc1cccc(C(=O)NCCc2ccsc2)c1[N+](=O)[O-]. The molecule has 1 aromatic carbocycles. The van der Waals surface area contributed by atoms with Crippen molar-refractivity contribution < 1.29 is 9.72 Å². The maximum absolute atomic E-state index is 12.0. The van der Waals surface area contributed by atoms with Gasteiger partial charge in [0.05, 0.1) is 4.92 Å². The molecule has 2 aromatic rings. The van der Waals surface area contributed by atoms with Gasteiger partial charge >= 0.3 is 5.69 Å². The maximum atomic E-state index is 12.0. The summed E-state index contributed by atoms with van der Waals surface area (Å²) < 4.78 is 0. The number of carbonyl (C=O) groups is 1. The Hall–Kier alpha value is -2.41. The van der Waals surface area contributed by atoms with Crippen LogP contribution in [-0.4, -0.2) is 17.4 Å². The molecule has 0 fully saturated rings. The number of nitrogens with one attached hydrogen (secondary N) is 1. The van der Waals surface area contributed by atoms with E-state index in [2.05, 4.69) is 5.32 Å². The van der Waals surface area contributed by atoms with Gasteiger partial charge in [0.25, 0.3) is 5.91 Å². The number of hydrogen-bond acceptors (Lipinski definition) is 5. The Bertz CT molecular complexity index is 626. The number of thiophene rings is 1. The number of rotatable bonds is 5. The van der Waals surface area contributed by atoms with Crippen molar-refractivity contribution in [2.24, 2.45) is 0 Å². The van der Waals surface area contributed by atoms with Crippen molar-refractivity contribution in [2.45, 2.75) is 6.42 Å². The summed E-state index contributed by atoms with van der Waals surface area (Å²) in [5, 5.41) is 17.6. The van der Waals surface area contributed by atoms with E-state index in [-0.39, 0.29) is 16.9 Å². The lowest BCUT2D eigenvalue weighted by molar-refractivity contribution is -0.384. The number of hydrogen-bond donors (Lipinski definition) is 2. The molecule has 1 aromatic heterocycles. The van der Waals surface area contributed by atoms with Crippen LogP contribution in [0.15, 0.2) is 35.0 Å². The predicted molar refractivity (Wildman–Crippen MR) is 77.9 cm³/mol. The monoisotopic (exact) mass is 291 g/mol. The van der Waals surface area contributed by atoms with E-state index in [4.69, 9.17) is 5.73 Å². The highest BCUT2D eigenvalue weighted by Crippen LogP contribution is 2.25. The zero-order valence-electron chi connectivity index (χ0n) is 10.5. The number of anilines is 1. The van der Waals surface area contributed by atoms with E-state index in [9.17, 15) is 14.9 Å². The summed E-state index contributed by atoms with van der Waals surface area (Å²) in [4.78, 5) is 22.3. The van der Waals surface area contributed by atoms with Crippen LogP contribution in [0, 0.1) is 10.1 Å². The summed E-state index contributed by atoms with van der Waals surface area (Å²) in [6, 6.07) is 6.30. The normalized spacial score (nSPS) is 10.2. The Morgan fingerprint density at radius 2 is 2.20 bits per heavy atom.